The van der Waals surface area contributed by atoms with Crippen LogP contribution < -0.4 is 15.4 Å². The number of terminal acetylenes is 1. The molecule has 0 unspecified atom stereocenters. The first-order valence-corrected chi connectivity index (χ1v) is 7.85. The van der Waals surface area contributed by atoms with Crippen molar-refractivity contribution in [3.05, 3.63) is 59.7 Å². The normalized spacial score (nSPS) is 9.69. The third-order valence-corrected chi connectivity index (χ3v) is 3.37. The SMILES string of the molecule is C#Cc1cccc(NC(=O)CNC(=O)COc2cccc(C(C)=O)c2)c1. The van der Waals surface area contributed by atoms with Gasteiger partial charge in [-0.15, -0.1) is 6.42 Å². The van der Waals surface area contributed by atoms with Gasteiger partial charge >= 0.3 is 0 Å². The van der Waals surface area contributed by atoms with E-state index in [0.29, 0.717) is 22.6 Å². The average Bonchev–Trinajstić information content (AvgIpc) is 2.65. The Labute approximate surface area is 151 Å². The van der Waals surface area contributed by atoms with Gasteiger partial charge in [0.25, 0.3) is 5.91 Å². The molecular formula is C20H18N2O4. The maximum atomic E-state index is 11.9. The Kier molecular flexibility index (Phi) is 6.52. The van der Waals surface area contributed by atoms with Gasteiger partial charge in [0.05, 0.1) is 6.54 Å². The van der Waals surface area contributed by atoms with Gasteiger partial charge in [0.2, 0.25) is 5.91 Å². The average molecular weight is 350 g/mol. The van der Waals surface area contributed by atoms with Crippen LogP contribution in [0, 0.1) is 12.3 Å². The smallest absolute Gasteiger partial charge is 0.258 e. The minimum Gasteiger partial charge on any atom is -0.484 e. The molecule has 26 heavy (non-hydrogen) atoms. The number of amides is 2. The van der Waals surface area contributed by atoms with Gasteiger partial charge in [0, 0.05) is 16.8 Å². The third kappa shape index (κ3) is 5.80. The highest BCUT2D eigenvalue weighted by atomic mass is 16.5. The first-order valence-electron chi connectivity index (χ1n) is 7.85. The number of nitrogens with one attached hydrogen (secondary N) is 2. The molecule has 0 fully saturated rings. The highest BCUT2D eigenvalue weighted by molar-refractivity contribution is 5.95. The first-order chi connectivity index (χ1) is 12.5. The second kappa shape index (κ2) is 9.04. The number of ketones is 1. The highest BCUT2D eigenvalue weighted by Gasteiger charge is 2.08. The van der Waals surface area contributed by atoms with Crippen LogP contribution in [0.4, 0.5) is 5.69 Å². The Morgan fingerprint density at radius 2 is 1.85 bits per heavy atom. The summed E-state index contributed by atoms with van der Waals surface area (Å²) in [5, 5.41) is 5.09. The molecule has 2 aromatic rings. The van der Waals surface area contributed by atoms with Crippen LogP contribution in [0.5, 0.6) is 5.75 Å². The number of rotatable bonds is 7. The monoisotopic (exact) mass is 350 g/mol. The lowest BCUT2D eigenvalue weighted by molar-refractivity contribution is -0.125. The molecule has 0 aromatic heterocycles. The maximum Gasteiger partial charge on any atom is 0.258 e. The zero-order valence-corrected chi connectivity index (χ0v) is 14.2. The molecule has 0 aliphatic rings. The molecule has 132 valence electrons. The van der Waals surface area contributed by atoms with Crippen molar-refractivity contribution in [3.8, 4) is 18.1 Å². The number of ether oxygens (including phenoxy) is 1. The molecule has 0 atom stereocenters. The van der Waals surface area contributed by atoms with Gasteiger partial charge < -0.3 is 15.4 Å². The zero-order valence-electron chi connectivity index (χ0n) is 14.2. The molecule has 2 N–H and O–H groups in total. The number of carbonyl (C=O) groups is 3. The van der Waals surface area contributed by atoms with Crippen LogP contribution in [0.1, 0.15) is 22.8 Å². The molecule has 2 rings (SSSR count). The fourth-order valence-electron chi connectivity index (χ4n) is 2.08. The summed E-state index contributed by atoms with van der Waals surface area (Å²) in [6.07, 6.45) is 5.30. The van der Waals surface area contributed by atoms with Crippen LogP contribution in [0.25, 0.3) is 0 Å². The molecule has 0 aliphatic carbocycles. The quantitative estimate of drug-likeness (QED) is 0.591. The highest BCUT2D eigenvalue weighted by Crippen LogP contribution is 2.13. The largest absolute Gasteiger partial charge is 0.484 e. The number of Topliss-reactive ketones (excluding diaryl/α,β-unsaturated/α-hetero) is 1. The molecule has 0 heterocycles. The van der Waals surface area contributed by atoms with Crippen LogP contribution in [0.3, 0.4) is 0 Å². The summed E-state index contributed by atoms with van der Waals surface area (Å²) in [5.41, 5.74) is 1.70. The van der Waals surface area contributed by atoms with Crippen LogP contribution in [0.15, 0.2) is 48.5 Å². The summed E-state index contributed by atoms with van der Waals surface area (Å²) in [6.45, 7) is 0.987. The van der Waals surface area contributed by atoms with E-state index in [1.165, 1.54) is 6.92 Å². The van der Waals surface area contributed by atoms with E-state index in [-0.39, 0.29) is 24.8 Å². The fourth-order valence-corrected chi connectivity index (χ4v) is 2.08. The molecule has 2 aromatic carbocycles. The van der Waals surface area contributed by atoms with E-state index in [1.54, 1.807) is 48.5 Å². The Hall–Kier alpha value is -3.59. The second-order valence-electron chi connectivity index (χ2n) is 5.42. The minimum atomic E-state index is -0.453. The number of carbonyl (C=O) groups excluding carboxylic acids is 3. The third-order valence-electron chi connectivity index (χ3n) is 3.37. The maximum absolute atomic E-state index is 11.9. The van der Waals surface area contributed by atoms with Crippen LogP contribution in [-0.2, 0) is 9.59 Å². The number of hydrogen-bond acceptors (Lipinski definition) is 4. The van der Waals surface area contributed by atoms with Crippen LogP contribution in [-0.4, -0.2) is 30.7 Å². The van der Waals surface area contributed by atoms with Gasteiger partial charge in [-0.3, -0.25) is 14.4 Å². The number of benzene rings is 2. The standard InChI is InChI=1S/C20H18N2O4/c1-3-15-6-4-8-17(10-15)22-19(24)12-21-20(25)13-26-18-9-5-7-16(11-18)14(2)23/h1,4-11H,12-13H2,2H3,(H,21,25)(H,22,24). The lowest BCUT2D eigenvalue weighted by Gasteiger charge is -2.09. The van der Waals surface area contributed by atoms with E-state index < -0.39 is 5.91 Å². The molecule has 0 bridgehead atoms. The van der Waals surface area contributed by atoms with Crippen molar-refractivity contribution in [2.75, 3.05) is 18.5 Å². The van der Waals surface area contributed by atoms with E-state index in [4.69, 9.17) is 11.2 Å². The van der Waals surface area contributed by atoms with Crippen LogP contribution >= 0.6 is 0 Å². The predicted octanol–water partition coefficient (Wildman–Crippen LogP) is 2.00. The Morgan fingerprint density at radius 1 is 1.08 bits per heavy atom. The Morgan fingerprint density at radius 3 is 2.58 bits per heavy atom. The summed E-state index contributed by atoms with van der Waals surface area (Å²) in [6, 6.07) is 13.4. The summed E-state index contributed by atoms with van der Waals surface area (Å²) in [4.78, 5) is 35.0. The summed E-state index contributed by atoms with van der Waals surface area (Å²) in [5.74, 6) is 1.95. The van der Waals surface area contributed by atoms with Crippen molar-refractivity contribution in [2.45, 2.75) is 6.92 Å². The van der Waals surface area contributed by atoms with Gasteiger partial charge in [-0.05, 0) is 37.3 Å². The fraction of sp³-hybridized carbons (Fsp3) is 0.150. The molecule has 6 nitrogen and oxygen atoms in total. The molecule has 0 radical (unpaired) electrons. The summed E-state index contributed by atoms with van der Waals surface area (Å²) >= 11 is 0. The second-order valence-corrected chi connectivity index (χ2v) is 5.42. The van der Waals surface area contributed by atoms with E-state index in [2.05, 4.69) is 16.6 Å². The molecule has 2 amide bonds. The van der Waals surface area contributed by atoms with Crippen molar-refractivity contribution in [1.29, 1.82) is 0 Å². The van der Waals surface area contributed by atoms with Crippen molar-refractivity contribution in [1.82, 2.24) is 5.32 Å². The molecule has 0 saturated heterocycles. The molecule has 0 spiro atoms. The lowest BCUT2D eigenvalue weighted by atomic mass is 10.1. The van der Waals surface area contributed by atoms with E-state index in [1.807, 2.05) is 0 Å². The van der Waals surface area contributed by atoms with Crippen molar-refractivity contribution in [2.24, 2.45) is 0 Å². The van der Waals surface area contributed by atoms with Gasteiger partial charge in [0.1, 0.15) is 5.75 Å². The van der Waals surface area contributed by atoms with Gasteiger partial charge in [-0.25, -0.2) is 0 Å². The topological polar surface area (TPSA) is 84.5 Å². The minimum absolute atomic E-state index is 0.0922. The van der Waals surface area contributed by atoms with Crippen molar-refractivity contribution >= 4 is 23.3 Å². The molecule has 0 aliphatic heterocycles. The zero-order chi connectivity index (χ0) is 18.9. The Bertz CT molecular complexity index is 868. The van der Waals surface area contributed by atoms with Gasteiger partial charge in [-0.1, -0.05) is 24.1 Å². The predicted molar refractivity (Wildman–Crippen MR) is 98.0 cm³/mol. The first kappa shape index (κ1) is 18.7. The van der Waals surface area contributed by atoms with E-state index in [0.717, 1.165) is 0 Å². The summed E-state index contributed by atoms with van der Waals surface area (Å²) in [7, 11) is 0. The van der Waals surface area contributed by atoms with Gasteiger partial charge in [-0.2, -0.15) is 0 Å². The van der Waals surface area contributed by atoms with Gasteiger partial charge in [0.15, 0.2) is 12.4 Å². The number of anilines is 1. The number of hydrogen-bond donors (Lipinski definition) is 2. The Balaban J connectivity index is 1.77. The lowest BCUT2D eigenvalue weighted by Crippen LogP contribution is -2.35. The van der Waals surface area contributed by atoms with Crippen molar-refractivity contribution in [3.63, 3.8) is 0 Å². The van der Waals surface area contributed by atoms with Crippen LogP contribution in [0.2, 0.25) is 0 Å². The molecular weight excluding hydrogens is 332 g/mol. The summed E-state index contributed by atoms with van der Waals surface area (Å²) < 4.78 is 5.32. The molecule has 0 saturated carbocycles. The van der Waals surface area contributed by atoms with Crippen molar-refractivity contribution < 1.29 is 19.1 Å². The van der Waals surface area contributed by atoms with E-state index >= 15 is 0 Å². The molecule has 6 heteroatoms. The van der Waals surface area contributed by atoms with E-state index in [9.17, 15) is 14.4 Å².